The van der Waals surface area contributed by atoms with Crippen LogP contribution in [0, 0.1) is 13.8 Å². The van der Waals surface area contributed by atoms with E-state index in [2.05, 4.69) is 32.2 Å². The largest absolute Gasteiger partial charge is 0.361 e. The minimum atomic E-state index is -0.160. The molecule has 0 radical (unpaired) electrons. The number of benzene rings is 1. The third kappa shape index (κ3) is 3.53. The number of carbonyl (C=O) groups is 1. The van der Waals surface area contributed by atoms with Gasteiger partial charge in [-0.05, 0) is 19.4 Å². The maximum Gasteiger partial charge on any atom is 0.256 e. The molecule has 6 heteroatoms. The van der Waals surface area contributed by atoms with Crippen LogP contribution in [0.2, 0.25) is 0 Å². The molecule has 124 valence electrons. The van der Waals surface area contributed by atoms with Gasteiger partial charge in [0.05, 0.1) is 5.69 Å². The zero-order valence-corrected chi connectivity index (χ0v) is 13.8. The Morgan fingerprint density at radius 1 is 1.25 bits per heavy atom. The Kier molecular flexibility index (Phi) is 4.74. The maximum atomic E-state index is 12.2. The van der Waals surface area contributed by atoms with Crippen molar-refractivity contribution in [3.8, 4) is 0 Å². The lowest BCUT2D eigenvalue weighted by Crippen LogP contribution is -2.27. The van der Waals surface area contributed by atoms with Crippen molar-refractivity contribution in [3.63, 3.8) is 0 Å². The van der Waals surface area contributed by atoms with Crippen molar-refractivity contribution in [2.75, 3.05) is 6.54 Å². The minimum absolute atomic E-state index is 0.160. The molecule has 1 aromatic carbocycles. The fourth-order valence-corrected chi connectivity index (χ4v) is 2.68. The van der Waals surface area contributed by atoms with Crippen molar-refractivity contribution in [1.82, 2.24) is 20.0 Å². The number of hydrogen-bond donors (Lipinski definition) is 1. The van der Waals surface area contributed by atoms with E-state index < -0.39 is 0 Å². The Bertz CT molecular complexity index is 801. The molecule has 2 heterocycles. The third-order valence-electron chi connectivity index (χ3n) is 3.89. The Labute approximate surface area is 140 Å². The van der Waals surface area contributed by atoms with E-state index in [0.717, 1.165) is 12.4 Å². The Hall–Kier alpha value is -2.89. The van der Waals surface area contributed by atoms with Gasteiger partial charge < -0.3 is 14.4 Å². The summed E-state index contributed by atoms with van der Waals surface area (Å²) in [6, 6.07) is 10.2. The summed E-state index contributed by atoms with van der Waals surface area (Å²) in [6.07, 6.45) is 4.40. The van der Waals surface area contributed by atoms with Crippen molar-refractivity contribution in [3.05, 3.63) is 71.1 Å². The average molecular weight is 324 g/mol. The molecule has 0 bridgehead atoms. The molecule has 0 saturated heterocycles. The predicted molar refractivity (Wildman–Crippen MR) is 89.8 cm³/mol. The van der Waals surface area contributed by atoms with Crippen LogP contribution in [0.25, 0.3) is 0 Å². The van der Waals surface area contributed by atoms with Gasteiger partial charge in [-0.2, -0.15) is 0 Å². The first-order chi connectivity index (χ1) is 11.6. The normalized spacial score (nSPS) is 10.8. The summed E-state index contributed by atoms with van der Waals surface area (Å²) in [4.78, 5) is 16.6. The van der Waals surface area contributed by atoms with Gasteiger partial charge in [0, 0.05) is 31.9 Å². The number of amides is 1. The van der Waals surface area contributed by atoms with Gasteiger partial charge in [0.15, 0.2) is 0 Å². The number of aromatic nitrogens is 3. The van der Waals surface area contributed by atoms with Crippen molar-refractivity contribution in [2.45, 2.75) is 26.8 Å². The number of hydrogen-bond acceptors (Lipinski definition) is 4. The summed E-state index contributed by atoms with van der Waals surface area (Å²) in [5.41, 5.74) is 2.34. The highest BCUT2D eigenvalue weighted by Crippen LogP contribution is 2.11. The van der Waals surface area contributed by atoms with Gasteiger partial charge in [-0.1, -0.05) is 35.5 Å². The van der Waals surface area contributed by atoms with Crippen LogP contribution in [0.1, 0.15) is 33.2 Å². The zero-order valence-electron chi connectivity index (χ0n) is 13.8. The quantitative estimate of drug-likeness (QED) is 0.756. The molecule has 0 aliphatic rings. The molecule has 0 aliphatic heterocycles. The molecule has 0 unspecified atom stereocenters. The molecular weight excluding hydrogens is 304 g/mol. The van der Waals surface area contributed by atoms with E-state index in [1.165, 1.54) is 5.56 Å². The molecule has 0 atom stereocenters. The first kappa shape index (κ1) is 16.0. The molecule has 2 aromatic heterocycles. The fourth-order valence-electron chi connectivity index (χ4n) is 2.68. The highest BCUT2D eigenvalue weighted by Gasteiger charge is 2.17. The van der Waals surface area contributed by atoms with Crippen molar-refractivity contribution in [2.24, 2.45) is 0 Å². The van der Waals surface area contributed by atoms with Gasteiger partial charge in [-0.25, -0.2) is 4.98 Å². The molecule has 6 nitrogen and oxygen atoms in total. The molecule has 0 aliphatic carbocycles. The Morgan fingerprint density at radius 3 is 2.75 bits per heavy atom. The second-order valence-electron chi connectivity index (χ2n) is 5.66. The summed E-state index contributed by atoms with van der Waals surface area (Å²) in [5, 5.41) is 6.71. The third-order valence-corrected chi connectivity index (χ3v) is 3.89. The fraction of sp³-hybridized carbons (Fsp3) is 0.278. The van der Waals surface area contributed by atoms with Crippen LogP contribution in [-0.2, 0) is 13.0 Å². The molecular formula is C18H20N4O2. The summed E-state index contributed by atoms with van der Waals surface area (Å²) in [5.74, 6) is 1.32. The zero-order chi connectivity index (χ0) is 16.9. The highest BCUT2D eigenvalue weighted by molar-refractivity contribution is 5.96. The van der Waals surface area contributed by atoms with Crippen molar-refractivity contribution >= 4 is 5.91 Å². The lowest BCUT2D eigenvalue weighted by molar-refractivity contribution is 0.0952. The summed E-state index contributed by atoms with van der Waals surface area (Å²) >= 11 is 0. The molecule has 24 heavy (non-hydrogen) atoms. The smallest absolute Gasteiger partial charge is 0.256 e. The summed E-state index contributed by atoms with van der Waals surface area (Å²) in [6.45, 7) is 4.78. The highest BCUT2D eigenvalue weighted by atomic mass is 16.5. The molecule has 0 saturated carbocycles. The topological polar surface area (TPSA) is 73.0 Å². The number of aryl methyl sites for hydroxylation is 2. The first-order valence-corrected chi connectivity index (χ1v) is 7.90. The molecule has 0 spiro atoms. The van der Waals surface area contributed by atoms with Crippen LogP contribution in [0.15, 0.2) is 47.2 Å². The molecule has 0 fully saturated rings. The number of nitrogens with zero attached hydrogens (tertiary/aromatic N) is 3. The number of carbonyl (C=O) groups excluding carboxylic acids is 1. The lowest BCUT2D eigenvalue weighted by atomic mass is 10.2. The van der Waals surface area contributed by atoms with E-state index in [-0.39, 0.29) is 5.91 Å². The Balaban J connectivity index is 1.58. The Morgan fingerprint density at radius 2 is 2.04 bits per heavy atom. The molecule has 1 N–H and O–H groups in total. The van der Waals surface area contributed by atoms with Gasteiger partial charge in [0.2, 0.25) is 0 Å². The molecule has 3 aromatic rings. The standard InChI is InChI=1S/C18H20N4O2/c1-13-17(14(2)24-21-13)18(23)20-9-8-16-19-10-11-22(16)12-15-6-4-3-5-7-15/h3-7,10-11H,8-9,12H2,1-2H3,(H,20,23). The van der Waals surface area contributed by atoms with Gasteiger partial charge in [-0.15, -0.1) is 0 Å². The van der Waals surface area contributed by atoms with E-state index in [0.29, 0.717) is 30.0 Å². The van der Waals surface area contributed by atoms with Crippen LogP contribution in [0.5, 0.6) is 0 Å². The maximum absolute atomic E-state index is 12.2. The van der Waals surface area contributed by atoms with Crippen molar-refractivity contribution < 1.29 is 9.32 Å². The van der Waals surface area contributed by atoms with E-state index in [1.54, 1.807) is 20.0 Å². The van der Waals surface area contributed by atoms with Crippen LogP contribution in [0.3, 0.4) is 0 Å². The van der Waals surface area contributed by atoms with Gasteiger partial charge >= 0.3 is 0 Å². The van der Waals surface area contributed by atoms with Gasteiger partial charge in [-0.3, -0.25) is 4.79 Å². The van der Waals surface area contributed by atoms with E-state index in [1.807, 2.05) is 24.4 Å². The van der Waals surface area contributed by atoms with Crippen LogP contribution < -0.4 is 5.32 Å². The minimum Gasteiger partial charge on any atom is -0.361 e. The van der Waals surface area contributed by atoms with Crippen molar-refractivity contribution in [1.29, 1.82) is 0 Å². The average Bonchev–Trinajstić information content (AvgIpc) is 3.15. The van der Waals surface area contributed by atoms with E-state index in [4.69, 9.17) is 4.52 Å². The number of imidazole rings is 1. The predicted octanol–water partition coefficient (Wildman–Crippen LogP) is 2.51. The number of nitrogens with one attached hydrogen (secondary N) is 1. The first-order valence-electron chi connectivity index (χ1n) is 7.90. The van der Waals surface area contributed by atoms with E-state index >= 15 is 0 Å². The van der Waals surface area contributed by atoms with E-state index in [9.17, 15) is 4.79 Å². The second kappa shape index (κ2) is 7.12. The lowest BCUT2D eigenvalue weighted by Gasteiger charge is -2.09. The molecule has 1 amide bonds. The summed E-state index contributed by atoms with van der Waals surface area (Å²) < 4.78 is 7.12. The van der Waals surface area contributed by atoms with Crippen LogP contribution in [-0.4, -0.2) is 27.2 Å². The molecule has 3 rings (SSSR count). The van der Waals surface area contributed by atoms with Gasteiger partial charge in [0.25, 0.3) is 5.91 Å². The van der Waals surface area contributed by atoms with Crippen LogP contribution in [0.4, 0.5) is 0 Å². The van der Waals surface area contributed by atoms with Crippen LogP contribution >= 0.6 is 0 Å². The SMILES string of the molecule is Cc1noc(C)c1C(=O)NCCc1nccn1Cc1ccccc1. The number of rotatable bonds is 6. The van der Waals surface area contributed by atoms with Gasteiger partial charge in [0.1, 0.15) is 17.1 Å². The summed E-state index contributed by atoms with van der Waals surface area (Å²) in [7, 11) is 0. The second-order valence-corrected chi connectivity index (χ2v) is 5.66. The monoisotopic (exact) mass is 324 g/mol.